The van der Waals surface area contributed by atoms with Gasteiger partial charge in [0.05, 0.1) is 16.7 Å². The van der Waals surface area contributed by atoms with Crippen LogP contribution in [0.25, 0.3) is 11.3 Å². The highest BCUT2D eigenvalue weighted by Crippen LogP contribution is 2.32. The zero-order valence-corrected chi connectivity index (χ0v) is 16.4. The largest absolute Gasteiger partial charge is 0.385 e. The molecule has 10 heteroatoms. The number of thiazole rings is 1. The number of hydrogen-bond donors (Lipinski definition) is 1. The lowest BCUT2D eigenvalue weighted by atomic mass is 10.2. The van der Waals surface area contributed by atoms with Crippen LogP contribution in [0.5, 0.6) is 0 Å². The molecule has 3 heterocycles. The summed E-state index contributed by atoms with van der Waals surface area (Å²) in [7, 11) is 3.66. The van der Waals surface area contributed by atoms with Crippen molar-refractivity contribution >= 4 is 34.3 Å². The lowest BCUT2D eigenvalue weighted by Gasteiger charge is -2.26. The van der Waals surface area contributed by atoms with Crippen LogP contribution in [0, 0.1) is 13.8 Å². The SMILES string of the molecule is COCCCNc1nc2nonc2nc1N(C)[C@H](C)c1nc(C)sc1C. The molecule has 0 unspecified atom stereocenters. The lowest BCUT2D eigenvalue weighted by Crippen LogP contribution is -2.25. The van der Waals surface area contributed by atoms with E-state index in [0.29, 0.717) is 36.1 Å². The summed E-state index contributed by atoms with van der Waals surface area (Å²) in [4.78, 5) is 17.0. The molecule has 0 aliphatic rings. The molecular weight excluding hydrogens is 354 g/mol. The van der Waals surface area contributed by atoms with Gasteiger partial charge in [-0.25, -0.2) is 19.6 Å². The summed E-state index contributed by atoms with van der Waals surface area (Å²) >= 11 is 1.70. The Hall–Kier alpha value is -2.33. The van der Waals surface area contributed by atoms with Gasteiger partial charge in [-0.1, -0.05) is 0 Å². The first-order chi connectivity index (χ1) is 12.5. The van der Waals surface area contributed by atoms with Crippen molar-refractivity contribution in [2.24, 2.45) is 0 Å². The second-order valence-corrected chi connectivity index (χ2v) is 7.45. The van der Waals surface area contributed by atoms with Gasteiger partial charge in [0.1, 0.15) is 0 Å². The molecule has 0 saturated heterocycles. The molecule has 0 aliphatic carbocycles. The number of rotatable bonds is 8. The Labute approximate surface area is 155 Å². The van der Waals surface area contributed by atoms with Crippen LogP contribution in [0.2, 0.25) is 0 Å². The number of methoxy groups -OCH3 is 1. The first kappa shape index (κ1) is 18.5. The summed E-state index contributed by atoms with van der Waals surface area (Å²) in [6, 6.07) is 0.0334. The fourth-order valence-corrected chi connectivity index (χ4v) is 3.62. The van der Waals surface area contributed by atoms with Gasteiger partial charge in [-0.15, -0.1) is 11.3 Å². The average Bonchev–Trinajstić information content (AvgIpc) is 3.21. The third-order valence-electron chi connectivity index (χ3n) is 4.16. The van der Waals surface area contributed by atoms with Crippen LogP contribution in [0.3, 0.4) is 0 Å². The molecule has 9 nitrogen and oxygen atoms in total. The van der Waals surface area contributed by atoms with Crippen molar-refractivity contribution in [3.8, 4) is 0 Å². The van der Waals surface area contributed by atoms with E-state index in [0.717, 1.165) is 17.1 Å². The van der Waals surface area contributed by atoms with Crippen LogP contribution < -0.4 is 10.2 Å². The third-order valence-corrected chi connectivity index (χ3v) is 5.07. The zero-order valence-electron chi connectivity index (χ0n) is 15.6. The summed E-state index contributed by atoms with van der Waals surface area (Å²) in [6.07, 6.45) is 0.858. The predicted molar refractivity (Wildman–Crippen MR) is 101 cm³/mol. The van der Waals surface area contributed by atoms with Gasteiger partial charge in [-0.2, -0.15) is 0 Å². The van der Waals surface area contributed by atoms with Crippen molar-refractivity contribution in [2.75, 3.05) is 37.5 Å². The molecule has 0 amide bonds. The van der Waals surface area contributed by atoms with E-state index >= 15 is 0 Å². The van der Waals surface area contributed by atoms with Crippen molar-refractivity contribution in [1.29, 1.82) is 0 Å². The predicted octanol–water partition coefficient (Wildman–Crippen LogP) is 2.73. The van der Waals surface area contributed by atoms with E-state index in [1.165, 1.54) is 4.88 Å². The van der Waals surface area contributed by atoms with Gasteiger partial charge in [0.2, 0.25) is 11.3 Å². The minimum absolute atomic E-state index is 0.0334. The second-order valence-electron chi connectivity index (χ2n) is 6.04. The lowest BCUT2D eigenvalue weighted by molar-refractivity contribution is 0.198. The Morgan fingerprint density at radius 2 is 1.92 bits per heavy atom. The summed E-state index contributed by atoms with van der Waals surface area (Å²) < 4.78 is 9.86. The maximum atomic E-state index is 5.10. The molecule has 140 valence electrons. The fourth-order valence-electron chi connectivity index (χ4n) is 2.72. The van der Waals surface area contributed by atoms with Crippen molar-refractivity contribution in [1.82, 2.24) is 25.3 Å². The maximum Gasteiger partial charge on any atom is 0.245 e. The van der Waals surface area contributed by atoms with E-state index in [-0.39, 0.29) is 6.04 Å². The Balaban J connectivity index is 1.91. The average molecular weight is 377 g/mol. The Morgan fingerprint density at radius 1 is 1.19 bits per heavy atom. The smallest absolute Gasteiger partial charge is 0.245 e. The minimum Gasteiger partial charge on any atom is -0.385 e. The van der Waals surface area contributed by atoms with Gasteiger partial charge < -0.3 is 15.0 Å². The molecule has 3 aromatic rings. The maximum absolute atomic E-state index is 5.10. The molecule has 1 atom stereocenters. The summed E-state index contributed by atoms with van der Waals surface area (Å²) in [5, 5.41) is 12.0. The van der Waals surface area contributed by atoms with Crippen molar-refractivity contribution in [2.45, 2.75) is 33.2 Å². The second kappa shape index (κ2) is 7.92. The van der Waals surface area contributed by atoms with Crippen LogP contribution in [0.1, 0.15) is 35.0 Å². The summed E-state index contributed by atoms with van der Waals surface area (Å²) in [5.41, 5.74) is 1.80. The molecule has 0 aromatic carbocycles. The number of nitrogens with one attached hydrogen (secondary N) is 1. The van der Waals surface area contributed by atoms with Gasteiger partial charge in [0, 0.05) is 32.2 Å². The molecule has 0 aliphatic heterocycles. The topological polar surface area (TPSA) is 102 Å². The van der Waals surface area contributed by atoms with Crippen molar-refractivity contribution in [3.05, 3.63) is 15.6 Å². The summed E-state index contributed by atoms with van der Waals surface area (Å²) in [6.45, 7) is 7.59. The Bertz CT molecular complexity index is 879. The molecule has 0 fully saturated rings. The zero-order chi connectivity index (χ0) is 18.7. The molecule has 0 bridgehead atoms. The molecule has 0 saturated carbocycles. The van der Waals surface area contributed by atoms with Crippen LogP contribution in [0.15, 0.2) is 4.63 Å². The summed E-state index contributed by atoms with van der Waals surface area (Å²) in [5.74, 6) is 1.33. The number of aromatic nitrogens is 5. The Kier molecular flexibility index (Phi) is 5.62. The minimum atomic E-state index is 0.0334. The molecule has 0 radical (unpaired) electrons. The number of hydrogen-bond acceptors (Lipinski definition) is 10. The van der Waals surface area contributed by atoms with Crippen LogP contribution in [-0.2, 0) is 4.74 Å². The number of aryl methyl sites for hydroxylation is 2. The normalized spacial score (nSPS) is 12.5. The molecule has 3 rings (SSSR count). The van der Waals surface area contributed by atoms with Gasteiger partial charge in [0.15, 0.2) is 11.6 Å². The molecule has 3 aromatic heterocycles. The first-order valence-electron chi connectivity index (χ1n) is 8.41. The Morgan fingerprint density at radius 3 is 2.58 bits per heavy atom. The molecule has 26 heavy (non-hydrogen) atoms. The number of ether oxygens (including phenoxy) is 1. The van der Waals surface area contributed by atoms with Crippen molar-refractivity contribution in [3.63, 3.8) is 0 Å². The standard InChI is InChI=1S/C16H23N7O2S/c1-9(12-10(2)26-11(3)18-12)23(4)16-15(17-7-6-8-24-5)19-13-14(20-16)22-25-21-13/h9H,6-8H2,1-5H3,(H,17,19,21)/t9-/m1/s1. The monoisotopic (exact) mass is 377 g/mol. The van der Waals surface area contributed by atoms with Crippen LogP contribution in [0.4, 0.5) is 11.6 Å². The van der Waals surface area contributed by atoms with Crippen molar-refractivity contribution < 1.29 is 9.37 Å². The first-order valence-corrected chi connectivity index (χ1v) is 9.22. The molecule has 1 N–H and O–H groups in total. The highest BCUT2D eigenvalue weighted by molar-refractivity contribution is 7.11. The van der Waals surface area contributed by atoms with Gasteiger partial charge in [-0.3, -0.25) is 0 Å². The van der Waals surface area contributed by atoms with E-state index in [1.807, 2.05) is 18.9 Å². The van der Waals surface area contributed by atoms with Crippen LogP contribution >= 0.6 is 11.3 Å². The number of fused-ring (bicyclic) bond motifs is 1. The third kappa shape index (κ3) is 3.75. The van der Waals surface area contributed by atoms with E-state index in [9.17, 15) is 0 Å². The fraction of sp³-hybridized carbons (Fsp3) is 0.562. The highest BCUT2D eigenvalue weighted by Gasteiger charge is 2.23. The molecule has 0 spiro atoms. The number of anilines is 2. The number of nitrogens with zero attached hydrogens (tertiary/aromatic N) is 6. The van der Waals surface area contributed by atoms with Gasteiger partial charge in [0.25, 0.3) is 0 Å². The van der Waals surface area contributed by atoms with Gasteiger partial charge in [-0.05, 0) is 37.5 Å². The van der Waals surface area contributed by atoms with E-state index in [1.54, 1.807) is 18.4 Å². The quantitative estimate of drug-likeness (QED) is 0.593. The van der Waals surface area contributed by atoms with Crippen LogP contribution in [-0.4, -0.2) is 52.6 Å². The van der Waals surface area contributed by atoms with Gasteiger partial charge >= 0.3 is 0 Å². The molecular formula is C16H23N7O2S. The van der Waals surface area contributed by atoms with E-state index in [2.05, 4.69) is 44.4 Å². The van der Waals surface area contributed by atoms with E-state index < -0.39 is 0 Å². The van der Waals surface area contributed by atoms with E-state index in [4.69, 9.17) is 9.37 Å². The highest BCUT2D eigenvalue weighted by atomic mass is 32.1.